The van der Waals surface area contributed by atoms with E-state index in [1.54, 1.807) is 7.05 Å². The molecular formula is C12H13ClN4O. The lowest BCUT2D eigenvalue weighted by molar-refractivity contribution is 0.282. The number of aliphatic hydroxyl groups is 1. The number of nitrogens with one attached hydrogen (secondary N) is 2. The molecule has 0 spiro atoms. The van der Waals surface area contributed by atoms with Crippen molar-refractivity contribution in [1.29, 1.82) is 0 Å². The first-order valence-electron chi connectivity index (χ1n) is 5.40. The highest BCUT2D eigenvalue weighted by Crippen LogP contribution is 2.20. The molecule has 0 fully saturated rings. The van der Waals surface area contributed by atoms with Gasteiger partial charge in [0.25, 0.3) is 0 Å². The summed E-state index contributed by atoms with van der Waals surface area (Å²) >= 11 is 5.90. The molecule has 5 nitrogen and oxygen atoms in total. The van der Waals surface area contributed by atoms with Gasteiger partial charge in [0.05, 0.1) is 12.8 Å². The van der Waals surface area contributed by atoms with Gasteiger partial charge in [-0.25, -0.2) is 4.98 Å². The van der Waals surface area contributed by atoms with Crippen LogP contribution in [-0.2, 0) is 6.61 Å². The third-order valence-electron chi connectivity index (χ3n) is 2.37. The Morgan fingerprint density at radius 3 is 2.61 bits per heavy atom. The van der Waals surface area contributed by atoms with E-state index in [0.29, 0.717) is 16.8 Å². The Labute approximate surface area is 110 Å². The molecule has 6 heteroatoms. The summed E-state index contributed by atoms with van der Waals surface area (Å²) in [5.74, 6) is 1.03. The van der Waals surface area contributed by atoms with Crippen molar-refractivity contribution in [1.82, 2.24) is 9.97 Å². The fourth-order valence-electron chi connectivity index (χ4n) is 1.43. The van der Waals surface area contributed by atoms with Crippen LogP contribution in [0.3, 0.4) is 0 Å². The number of benzene rings is 1. The number of halogens is 1. The minimum Gasteiger partial charge on any atom is -0.392 e. The Morgan fingerprint density at radius 1 is 1.28 bits per heavy atom. The van der Waals surface area contributed by atoms with Crippen molar-refractivity contribution in [2.24, 2.45) is 0 Å². The van der Waals surface area contributed by atoms with Gasteiger partial charge >= 0.3 is 0 Å². The third kappa shape index (κ3) is 2.88. The molecule has 0 bridgehead atoms. The van der Waals surface area contributed by atoms with E-state index < -0.39 is 0 Å². The summed E-state index contributed by atoms with van der Waals surface area (Å²) in [7, 11) is 1.74. The number of aromatic nitrogens is 2. The molecule has 94 valence electrons. The second kappa shape index (κ2) is 5.66. The Kier molecular flexibility index (Phi) is 3.96. The van der Waals surface area contributed by atoms with Crippen LogP contribution in [0.25, 0.3) is 0 Å². The number of hydrogen-bond donors (Lipinski definition) is 3. The van der Waals surface area contributed by atoms with Crippen LogP contribution in [0, 0.1) is 0 Å². The van der Waals surface area contributed by atoms with E-state index in [1.807, 2.05) is 24.3 Å². The first-order valence-corrected chi connectivity index (χ1v) is 5.78. The third-order valence-corrected chi connectivity index (χ3v) is 2.65. The molecular weight excluding hydrogens is 252 g/mol. The number of hydrogen-bond acceptors (Lipinski definition) is 5. The van der Waals surface area contributed by atoms with Crippen LogP contribution in [-0.4, -0.2) is 22.1 Å². The van der Waals surface area contributed by atoms with Gasteiger partial charge in [-0.2, -0.15) is 4.98 Å². The van der Waals surface area contributed by atoms with Crippen molar-refractivity contribution in [3.63, 3.8) is 0 Å². The summed E-state index contributed by atoms with van der Waals surface area (Å²) in [5, 5.41) is 15.4. The average molecular weight is 265 g/mol. The molecule has 2 aromatic rings. The zero-order valence-electron chi connectivity index (χ0n) is 9.81. The second-order valence-corrected chi connectivity index (χ2v) is 4.03. The predicted molar refractivity (Wildman–Crippen MR) is 72.2 cm³/mol. The van der Waals surface area contributed by atoms with Crippen LogP contribution in [0.15, 0.2) is 30.5 Å². The highest BCUT2D eigenvalue weighted by atomic mass is 35.5. The number of nitrogens with zero attached hydrogens (tertiary/aromatic N) is 2. The van der Waals surface area contributed by atoms with E-state index in [9.17, 15) is 0 Å². The van der Waals surface area contributed by atoms with Crippen LogP contribution in [0.2, 0.25) is 5.02 Å². The first kappa shape index (κ1) is 12.6. The van der Waals surface area contributed by atoms with E-state index >= 15 is 0 Å². The van der Waals surface area contributed by atoms with Crippen LogP contribution < -0.4 is 10.6 Å². The van der Waals surface area contributed by atoms with Crippen molar-refractivity contribution >= 4 is 29.1 Å². The predicted octanol–water partition coefficient (Wildman–Crippen LogP) is 2.41. The average Bonchev–Trinajstić information content (AvgIpc) is 2.42. The van der Waals surface area contributed by atoms with Gasteiger partial charge < -0.3 is 15.7 Å². The van der Waals surface area contributed by atoms with Crippen LogP contribution >= 0.6 is 11.6 Å². The molecule has 2 rings (SSSR count). The number of rotatable bonds is 4. The van der Waals surface area contributed by atoms with E-state index in [2.05, 4.69) is 20.6 Å². The molecule has 0 aliphatic rings. The Hall–Kier alpha value is -1.85. The van der Waals surface area contributed by atoms with E-state index in [4.69, 9.17) is 16.7 Å². The van der Waals surface area contributed by atoms with Crippen molar-refractivity contribution < 1.29 is 5.11 Å². The summed E-state index contributed by atoms with van der Waals surface area (Å²) in [6.45, 7) is 0.0294. The van der Waals surface area contributed by atoms with Crippen molar-refractivity contribution in [3.8, 4) is 0 Å². The zero-order valence-corrected chi connectivity index (χ0v) is 10.6. The zero-order chi connectivity index (χ0) is 13.0. The molecule has 1 aromatic heterocycles. The summed E-state index contributed by atoms with van der Waals surface area (Å²) in [5.41, 5.74) is 1.70. The SMILES string of the molecule is CNc1nc(Nc2ccc(CO)cc2)ncc1Cl. The Balaban J connectivity index is 2.17. The van der Waals surface area contributed by atoms with Crippen LogP contribution in [0.1, 0.15) is 5.56 Å². The summed E-state index contributed by atoms with van der Waals surface area (Å²) in [6, 6.07) is 7.36. The van der Waals surface area contributed by atoms with Crippen molar-refractivity contribution in [2.45, 2.75) is 6.61 Å². The van der Waals surface area contributed by atoms with Crippen molar-refractivity contribution in [3.05, 3.63) is 41.0 Å². The maximum absolute atomic E-state index is 8.95. The molecule has 0 unspecified atom stereocenters. The second-order valence-electron chi connectivity index (χ2n) is 3.62. The maximum atomic E-state index is 8.95. The van der Waals surface area contributed by atoms with Crippen LogP contribution in [0.4, 0.5) is 17.5 Å². The molecule has 3 N–H and O–H groups in total. The van der Waals surface area contributed by atoms with E-state index in [0.717, 1.165) is 11.3 Å². The highest BCUT2D eigenvalue weighted by Gasteiger charge is 2.03. The Morgan fingerprint density at radius 2 is 2.00 bits per heavy atom. The lowest BCUT2D eigenvalue weighted by atomic mass is 10.2. The molecule has 18 heavy (non-hydrogen) atoms. The smallest absolute Gasteiger partial charge is 0.229 e. The van der Waals surface area contributed by atoms with Gasteiger partial charge in [-0.3, -0.25) is 0 Å². The summed E-state index contributed by atoms with van der Waals surface area (Å²) < 4.78 is 0. The molecule has 0 aliphatic carbocycles. The van der Waals surface area contributed by atoms with Crippen LogP contribution in [0.5, 0.6) is 0 Å². The van der Waals surface area contributed by atoms with Gasteiger partial charge in [0.1, 0.15) is 10.8 Å². The monoisotopic (exact) mass is 264 g/mol. The van der Waals surface area contributed by atoms with Gasteiger partial charge in [-0.15, -0.1) is 0 Å². The van der Waals surface area contributed by atoms with Gasteiger partial charge in [-0.05, 0) is 17.7 Å². The molecule has 1 heterocycles. The topological polar surface area (TPSA) is 70.1 Å². The highest BCUT2D eigenvalue weighted by molar-refractivity contribution is 6.32. The quantitative estimate of drug-likeness (QED) is 0.791. The van der Waals surface area contributed by atoms with Gasteiger partial charge in [-0.1, -0.05) is 23.7 Å². The minimum atomic E-state index is 0.0294. The molecule has 0 aliphatic heterocycles. The van der Waals surface area contributed by atoms with Gasteiger partial charge in [0.2, 0.25) is 5.95 Å². The minimum absolute atomic E-state index is 0.0294. The molecule has 1 aromatic carbocycles. The number of anilines is 3. The molecule has 0 saturated heterocycles. The fourth-order valence-corrected chi connectivity index (χ4v) is 1.61. The molecule has 0 saturated carbocycles. The van der Waals surface area contributed by atoms with Crippen molar-refractivity contribution in [2.75, 3.05) is 17.7 Å². The lowest BCUT2D eigenvalue weighted by Crippen LogP contribution is -2.01. The number of aliphatic hydroxyl groups excluding tert-OH is 1. The van der Waals surface area contributed by atoms with E-state index in [-0.39, 0.29) is 6.61 Å². The summed E-state index contributed by atoms with van der Waals surface area (Å²) in [6.07, 6.45) is 1.53. The maximum Gasteiger partial charge on any atom is 0.229 e. The van der Waals surface area contributed by atoms with Gasteiger partial charge in [0.15, 0.2) is 0 Å². The van der Waals surface area contributed by atoms with E-state index in [1.165, 1.54) is 6.20 Å². The normalized spacial score (nSPS) is 10.2. The first-order chi connectivity index (χ1) is 8.72. The van der Waals surface area contributed by atoms with Gasteiger partial charge in [0, 0.05) is 12.7 Å². The summed E-state index contributed by atoms with van der Waals surface area (Å²) in [4.78, 5) is 8.30. The fraction of sp³-hybridized carbons (Fsp3) is 0.167. The molecule has 0 atom stereocenters. The molecule has 0 amide bonds. The largest absolute Gasteiger partial charge is 0.392 e. The lowest BCUT2D eigenvalue weighted by Gasteiger charge is -2.07. The molecule has 0 radical (unpaired) electrons. The Bertz CT molecular complexity index is 530. The standard InChI is InChI=1S/C12H13ClN4O/c1-14-11-10(13)6-15-12(17-11)16-9-4-2-8(7-18)3-5-9/h2-6,18H,7H2,1H3,(H2,14,15,16,17).